The van der Waals surface area contributed by atoms with Crippen molar-refractivity contribution in [1.29, 1.82) is 0 Å². The van der Waals surface area contributed by atoms with Gasteiger partial charge in [0.05, 0.1) is 5.60 Å². The fourth-order valence-electron chi connectivity index (χ4n) is 1.53. The molecular weight excluding hydrogens is 182 g/mol. The van der Waals surface area contributed by atoms with Crippen molar-refractivity contribution in [3.8, 4) is 0 Å². The van der Waals surface area contributed by atoms with Crippen LogP contribution in [0.2, 0.25) is 0 Å². The van der Waals surface area contributed by atoms with E-state index in [1.807, 2.05) is 0 Å². The van der Waals surface area contributed by atoms with Crippen molar-refractivity contribution in [3.05, 3.63) is 0 Å². The highest BCUT2D eigenvalue weighted by Crippen LogP contribution is 2.22. The second-order valence-corrected chi connectivity index (χ2v) is 4.47. The lowest BCUT2D eigenvalue weighted by Gasteiger charge is -2.25. The molecule has 14 heavy (non-hydrogen) atoms. The van der Waals surface area contributed by atoms with Crippen LogP contribution in [0.1, 0.15) is 39.5 Å². The second kappa shape index (κ2) is 4.28. The average Bonchev–Trinajstić information content (AvgIpc) is 2.53. The quantitative estimate of drug-likeness (QED) is 0.655. The molecule has 0 amide bonds. The third kappa shape index (κ3) is 2.96. The Labute approximate surface area is 84.4 Å². The summed E-state index contributed by atoms with van der Waals surface area (Å²) in [5, 5.41) is 9.50. The van der Waals surface area contributed by atoms with Gasteiger partial charge in [-0.1, -0.05) is 0 Å². The number of ether oxygens (including phenoxy) is 1. The molecule has 0 aromatic carbocycles. The summed E-state index contributed by atoms with van der Waals surface area (Å²) in [7, 11) is 0. The van der Waals surface area contributed by atoms with Crippen LogP contribution in [0.25, 0.3) is 0 Å². The van der Waals surface area contributed by atoms with E-state index in [4.69, 9.17) is 10.5 Å². The number of esters is 1. The van der Waals surface area contributed by atoms with Gasteiger partial charge in [-0.15, -0.1) is 0 Å². The highest BCUT2D eigenvalue weighted by atomic mass is 16.5. The molecule has 0 saturated heterocycles. The molecule has 1 fully saturated rings. The van der Waals surface area contributed by atoms with E-state index in [0.29, 0.717) is 0 Å². The van der Waals surface area contributed by atoms with Crippen LogP contribution in [0, 0.1) is 0 Å². The molecule has 0 radical (unpaired) electrons. The summed E-state index contributed by atoms with van der Waals surface area (Å²) in [5.41, 5.74) is 4.34. The summed E-state index contributed by atoms with van der Waals surface area (Å²) < 4.78 is 5.18. The highest BCUT2D eigenvalue weighted by molar-refractivity contribution is 5.77. The summed E-state index contributed by atoms with van der Waals surface area (Å²) in [6.07, 6.45) is 4.07. The maximum atomic E-state index is 11.4. The van der Waals surface area contributed by atoms with Crippen molar-refractivity contribution < 1.29 is 14.6 Å². The fourth-order valence-corrected chi connectivity index (χ4v) is 1.53. The normalized spacial score (nSPS) is 20.9. The molecule has 4 heteroatoms. The van der Waals surface area contributed by atoms with Crippen molar-refractivity contribution in [3.63, 3.8) is 0 Å². The van der Waals surface area contributed by atoms with Crippen molar-refractivity contribution in [2.75, 3.05) is 0 Å². The number of hydrogen-bond donors (Lipinski definition) is 2. The number of rotatable bonds is 3. The SMILES string of the molecule is CC(C)(O)[C@H](N)C(=O)OC1CCCC1. The van der Waals surface area contributed by atoms with Gasteiger partial charge in [-0.05, 0) is 39.5 Å². The molecule has 1 saturated carbocycles. The molecule has 0 aromatic heterocycles. The molecule has 0 bridgehead atoms. The summed E-state index contributed by atoms with van der Waals surface area (Å²) in [6.45, 7) is 3.02. The molecule has 1 rings (SSSR count). The first kappa shape index (κ1) is 11.5. The average molecular weight is 201 g/mol. The summed E-state index contributed by atoms with van der Waals surface area (Å²) in [5.74, 6) is -0.496. The minimum Gasteiger partial charge on any atom is -0.461 e. The van der Waals surface area contributed by atoms with Crippen LogP contribution in [-0.4, -0.2) is 28.8 Å². The number of nitrogens with two attached hydrogens (primary N) is 1. The fraction of sp³-hybridized carbons (Fsp3) is 0.900. The minimum absolute atomic E-state index is 0.0101. The van der Waals surface area contributed by atoms with Crippen LogP contribution in [-0.2, 0) is 9.53 Å². The van der Waals surface area contributed by atoms with Gasteiger partial charge < -0.3 is 15.6 Å². The van der Waals surface area contributed by atoms with E-state index in [9.17, 15) is 9.90 Å². The molecule has 3 N–H and O–H groups in total. The number of carbonyl (C=O) groups is 1. The molecule has 1 atom stereocenters. The maximum absolute atomic E-state index is 11.4. The van der Waals surface area contributed by atoms with Gasteiger partial charge in [0.1, 0.15) is 12.1 Å². The Morgan fingerprint density at radius 1 is 1.50 bits per heavy atom. The first-order valence-electron chi connectivity index (χ1n) is 5.09. The predicted molar refractivity (Wildman–Crippen MR) is 52.6 cm³/mol. The van der Waals surface area contributed by atoms with E-state index in [1.165, 1.54) is 13.8 Å². The maximum Gasteiger partial charge on any atom is 0.326 e. The lowest BCUT2D eigenvalue weighted by Crippen LogP contribution is -2.50. The Morgan fingerprint density at radius 3 is 2.43 bits per heavy atom. The molecule has 82 valence electrons. The number of aliphatic hydroxyl groups is 1. The van der Waals surface area contributed by atoms with Crippen molar-refractivity contribution in [2.45, 2.75) is 57.3 Å². The Bertz CT molecular complexity index is 204. The van der Waals surface area contributed by atoms with Gasteiger partial charge in [0.25, 0.3) is 0 Å². The van der Waals surface area contributed by atoms with Crippen molar-refractivity contribution >= 4 is 5.97 Å². The van der Waals surface area contributed by atoms with Crippen LogP contribution >= 0.6 is 0 Å². The zero-order chi connectivity index (χ0) is 10.8. The number of carbonyl (C=O) groups excluding carboxylic acids is 1. The lowest BCUT2D eigenvalue weighted by atomic mass is 10.0. The van der Waals surface area contributed by atoms with Gasteiger partial charge in [0, 0.05) is 0 Å². The predicted octanol–water partition coefficient (Wildman–Crippen LogP) is 0.570. The standard InChI is InChI=1S/C10H19NO3/c1-10(2,13)8(11)9(12)14-7-5-3-4-6-7/h7-8,13H,3-6,11H2,1-2H3/t8-/m1/s1. The van der Waals surface area contributed by atoms with E-state index in [0.717, 1.165) is 25.7 Å². The largest absolute Gasteiger partial charge is 0.461 e. The first-order valence-corrected chi connectivity index (χ1v) is 5.09. The Morgan fingerprint density at radius 2 is 2.00 bits per heavy atom. The van der Waals surface area contributed by atoms with Gasteiger partial charge in [-0.2, -0.15) is 0 Å². The second-order valence-electron chi connectivity index (χ2n) is 4.47. The van der Waals surface area contributed by atoms with Gasteiger partial charge in [-0.25, -0.2) is 0 Å². The molecule has 0 heterocycles. The van der Waals surface area contributed by atoms with Crippen LogP contribution < -0.4 is 5.73 Å². The zero-order valence-electron chi connectivity index (χ0n) is 8.82. The molecule has 0 unspecified atom stereocenters. The first-order chi connectivity index (χ1) is 6.41. The molecule has 1 aliphatic carbocycles. The lowest BCUT2D eigenvalue weighted by molar-refractivity contribution is -0.155. The Balaban J connectivity index is 2.41. The van der Waals surface area contributed by atoms with E-state index in [-0.39, 0.29) is 6.10 Å². The molecule has 0 aliphatic heterocycles. The summed E-state index contributed by atoms with van der Waals surface area (Å²) >= 11 is 0. The third-order valence-electron chi connectivity index (χ3n) is 2.60. The van der Waals surface area contributed by atoms with Crippen LogP contribution in [0.4, 0.5) is 0 Å². The monoisotopic (exact) mass is 201 g/mol. The Hall–Kier alpha value is -0.610. The van der Waals surface area contributed by atoms with Gasteiger partial charge in [-0.3, -0.25) is 4.79 Å². The zero-order valence-corrected chi connectivity index (χ0v) is 8.82. The van der Waals surface area contributed by atoms with Gasteiger partial charge >= 0.3 is 5.97 Å². The smallest absolute Gasteiger partial charge is 0.326 e. The van der Waals surface area contributed by atoms with Crippen molar-refractivity contribution in [1.82, 2.24) is 0 Å². The molecule has 1 aliphatic rings. The molecule has 0 spiro atoms. The van der Waals surface area contributed by atoms with Gasteiger partial charge in [0.15, 0.2) is 0 Å². The van der Waals surface area contributed by atoms with E-state index >= 15 is 0 Å². The van der Waals surface area contributed by atoms with E-state index in [2.05, 4.69) is 0 Å². The summed E-state index contributed by atoms with van der Waals surface area (Å²) in [6, 6.07) is -0.955. The van der Waals surface area contributed by atoms with Crippen molar-refractivity contribution in [2.24, 2.45) is 5.73 Å². The van der Waals surface area contributed by atoms with E-state index in [1.54, 1.807) is 0 Å². The molecular formula is C10H19NO3. The molecule has 4 nitrogen and oxygen atoms in total. The Kier molecular flexibility index (Phi) is 3.50. The third-order valence-corrected chi connectivity index (χ3v) is 2.60. The summed E-state index contributed by atoms with van der Waals surface area (Å²) in [4.78, 5) is 11.4. The van der Waals surface area contributed by atoms with E-state index < -0.39 is 17.6 Å². The van der Waals surface area contributed by atoms with Gasteiger partial charge in [0.2, 0.25) is 0 Å². The topological polar surface area (TPSA) is 72.5 Å². The minimum atomic E-state index is -1.21. The number of hydrogen-bond acceptors (Lipinski definition) is 4. The molecule has 0 aromatic rings. The van der Waals surface area contributed by atoms with Crippen LogP contribution in [0.5, 0.6) is 0 Å². The highest BCUT2D eigenvalue weighted by Gasteiger charge is 2.32. The van der Waals surface area contributed by atoms with Crippen LogP contribution in [0.15, 0.2) is 0 Å². The van der Waals surface area contributed by atoms with Crippen LogP contribution in [0.3, 0.4) is 0 Å².